The van der Waals surface area contributed by atoms with Gasteiger partial charge in [-0.3, -0.25) is 0 Å². The summed E-state index contributed by atoms with van der Waals surface area (Å²) in [4.78, 5) is -0.414. The van der Waals surface area contributed by atoms with Gasteiger partial charge in [0.25, 0.3) is 0 Å². The van der Waals surface area contributed by atoms with Gasteiger partial charge >= 0.3 is 0 Å². The Morgan fingerprint density at radius 3 is 1.53 bits per heavy atom. The SMILES string of the molecule is COC(SC)(c1ccccc1)c1ccccc1. The van der Waals surface area contributed by atoms with Crippen LogP contribution in [-0.2, 0) is 9.67 Å². The lowest BCUT2D eigenvalue weighted by Crippen LogP contribution is -2.25. The molecule has 2 aromatic rings. The van der Waals surface area contributed by atoms with Crippen molar-refractivity contribution in [1.82, 2.24) is 0 Å². The molecule has 0 aliphatic rings. The van der Waals surface area contributed by atoms with Gasteiger partial charge in [-0.2, -0.15) is 0 Å². The molecule has 88 valence electrons. The Hall–Kier alpha value is -1.25. The third-order valence-electron chi connectivity index (χ3n) is 2.88. The lowest BCUT2D eigenvalue weighted by Gasteiger charge is -2.31. The monoisotopic (exact) mass is 244 g/mol. The summed E-state index contributed by atoms with van der Waals surface area (Å²) in [7, 11) is 1.76. The number of hydrogen-bond donors (Lipinski definition) is 0. The van der Waals surface area contributed by atoms with Crippen molar-refractivity contribution in [2.24, 2.45) is 0 Å². The smallest absolute Gasteiger partial charge is 0.164 e. The van der Waals surface area contributed by atoms with Gasteiger partial charge in [0.1, 0.15) is 0 Å². The molecule has 2 rings (SSSR count). The highest BCUT2D eigenvalue weighted by atomic mass is 32.2. The van der Waals surface area contributed by atoms with E-state index in [2.05, 4.69) is 30.5 Å². The fourth-order valence-corrected chi connectivity index (χ4v) is 2.95. The second-order valence-corrected chi connectivity index (χ2v) is 4.74. The van der Waals surface area contributed by atoms with Crippen molar-refractivity contribution in [2.75, 3.05) is 13.4 Å². The van der Waals surface area contributed by atoms with Crippen LogP contribution < -0.4 is 0 Å². The first-order valence-corrected chi connectivity index (χ1v) is 6.77. The predicted molar refractivity (Wildman–Crippen MR) is 74.2 cm³/mol. The van der Waals surface area contributed by atoms with Crippen molar-refractivity contribution in [3.63, 3.8) is 0 Å². The van der Waals surface area contributed by atoms with Gasteiger partial charge < -0.3 is 4.74 Å². The number of rotatable bonds is 4. The maximum Gasteiger partial charge on any atom is 0.164 e. The summed E-state index contributed by atoms with van der Waals surface area (Å²) in [6, 6.07) is 20.6. The Labute approximate surface area is 107 Å². The highest BCUT2D eigenvalue weighted by Gasteiger charge is 2.32. The van der Waals surface area contributed by atoms with Gasteiger partial charge in [0.05, 0.1) is 0 Å². The van der Waals surface area contributed by atoms with Crippen LogP contribution in [0, 0.1) is 0 Å². The van der Waals surface area contributed by atoms with Crippen LogP contribution in [0.3, 0.4) is 0 Å². The van der Waals surface area contributed by atoms with E-state index in [0.717, 1.165) is 0 Å². The number of thioether (sulfide) groups is 1. The molecular weight excluding hydrogens is 228 g/mol. The molecule has 0 radical (unpaired) electrons. The maximum atomic E-state index is 5.82. The topological polar surface area (TPSA) is 9.23 Å². The average Bonchev–Trinajstić information content (AvgIpc) is 2.43. The van der Waals surface area contributed by atoms with Gasteiger partial charge in [0, 0.05) is 7.11 Å². The third kappa shape index (κ3) is 2.24. The summed E-state index contributed by atoms with van der Waals surface area (Å²) in [5, 5.41) is 0. The Morgan fingerprint density at radius 2 is 1.24 bits per heavy atom. The first kappa shape index (κ1) is 12.2. The van der Waals surface area contributed by atoms with Crippen molar-refractivity contribution >= 4 is 11.8 Å². The molecule has 1 nitrogen and oxygen atoms in total. The van der Waals surface area contributed by atoms with Crippen LogP contribution in [0.4, 0.5) is 0 Å². The highest BCUT2D eigenvalue weighted by Crippen LogP contribution is 2.41. The number of ether oxygens (including phenoxy) is 1. The summed E-state index contributed by atoms with van der Waals surface area (Å²) < 4.78 is 5.82. The summed E-state index contributed by atoms with van der Waals surface area (Å²) in [5.74, 6) is 0. The zero-order chi connectivity index (χ0) is 12.1. The van der Waals surface area contributed by atoms with Crippen molar-refractivity contribution < 1.29 is 4.74 Å². The lowest BCUT2D eigenvalue weighted by molar-refractivity contribution is 0.105. The minimum Gasteiger partial charge on any atom is -0.359 e. The van der Waals surface area contributed by atoms with E-state index in [9.17, 15) is 0 Å². The molecule has 0 aliphatic heterocycles. The minimum absolute atomic E-state index is 0.414. The van der Waals surface area contributed by atoms with E-state index in [1.54, 1.807) is 18.9 Å². The summed E-state index contributed by atoms with van der Waals surface area (Å²) >= 11 is 1.70. The van der Waals surface area contributed by atoms with Gasteiger partial charge in [-0.05, 0) is 17.4 Å². The molecule has 0 aromatic heterocycles. The number of methoxy groups -OCH3 is 1. The van der Waals surface area contributed by atoms with Gasteiger partial charge in [-0.25, -0.2) is 0 Å². The van der Waals surface area contributed by atoms with E-state index in [0.29, 0.717) is 0 Å². The fraction of sp³-hybridized carbons (Fsp3) is 0.200. The predicted octanol–water partition coefficient (Wildman–Crippen LogP) is 3.90. The maximum absolute atomic E-state index is 5.82. The Bertz CT molecular complexity index is 407. The third-order valence-corrected chi connectivity index (χ3v) is 4.10. The first-order valence-electron chi connectivity index (χ1n) is 5.55. The molecule has 0 saturated carbocycles. The molecule has 0 fully saturated rings. The molecule has 0 bridgehead atoms. The van der Waals surface area contributed by atoms with E-state index in [-0.39, 0.29) is 0 Å². The van der Waals surface area contributed by atoms with E-state index in [1.807, 2.05) is 36.4 Å². The van der Waals surface area contributed by atoms with Crippen LogP contribution in [-0.4, -0.2) is 13.4 Å². The van der Waals surface area contributed by atoms with Crippen LogP contribution in [0.2, 0.25) is 0 Å². The largest absolute Gasteiger partial charge is 0.359 e. The quantitative estimate of drug-likeness (QED) is 0.754. The number of hydrogen-bond acceptors (Lipinski definition) is 2. The Balaban J connectivity index is 2.54. The lowest BCUT2D eigenvalue weighted by atomic mass is 10.0. The summed E-state index contributed by atoms with van der Waals surface area (Å²) in [5.41, 5.74) is 2.34. The molecule has 0 amide bonds. The average molecular weight is 244 g/mol. The molecule has 0 unspecified atom stereocenters. The molecule has 0 N–H and O–H groups in total. The molecule has 0 aliphatic carbocycles. The Kier molecular flexibility index (Phi) is 3.87. The van der Waals surface area contributed by atoms with Gasteiger partial charge in [-0.1, -0.05) is 60.7 Å². The van der Waals surface area contributed by atoms with E-state index >= 15 is 0 Å². The fourth-order valence-electron chi connectivity index (χ4n) is 2.04. The molecule has 0 atom stereocenters. The zero-order valence-electron chi connectivity index (χ0n) is 10.1. The van der Waals surface area contributed by atoms with E-state index in [1.165, 1.54) is 11.1 Å². The molecule has 2 heteroatoms. The molecular formula is C15H16OS. The van der Waals surface area contributed by atoms with Crippen molar-refractivity contribution in [3.05, 3.63) is 71.8 Å². The van der Waals surface area contributed by atoms with Crippen LogP contribution >= 0.6 is 11.8 Å². The van der Waals surface area contributed by atoms with Gasteiger partial charge in [0.2, 0.25) is 0 Å². The second-order valence-electron chi connectivity index (χ2n) is 3.76. The standard InChI is InChI=1S/C15H16OS/c1-16-15(17-2,13-9-5-3-6-10-13)14-11-7-4-8-12-14/h3-12H,1-2H3. The van der Waals surface area contributed by atoms with Crippen LogP contribution in [0.5, 0.6) is 0 Å². The van der Waals surface area contributed by atoms with Crippen molar-refractivity contribution in [3.8, 4) is 0 Å². The highest BCUT2D eigenvalue weighted by molar-refractivity contribution is 7.99. The zero-order valence-corrected chi connectivity index (χ0v) is 10.9. The van der Waals surface area contributed by atoms with Crippen molar-refractivity contribution in [2.45, 2.75) is 4.93 Å². The van der Waals surface area contributed by atoms with Crippen LogP contribution in [0.25, 0.3) is 0 Å². The van der Waals surface area contributed by atoms with Crippen LogP contribution in [0.15, 0.2) is 60.7 Å². The molecule has 0 heterocycles. The molecule has 2 aromatic carbocycles. The van der Waals surface area contributed by atoms with E-state index in [4.69, 9.17) is 4.74 Å². The number of benzene rings is 2. The normalized spacial score (nSPS) is 11.4. The van der Waals surface area contributed by atoms with Gasteiger partial charge in [0.15, 0.2) is 4.93 Å². The van der Waals surface area contributed by atoms with Crippen molar-refractivity contribution in [1.29, 1.82) is 0 Å². The molecule has 0 spiro atoms. The summed E-state index contributed by atoms with van der Waals surface area (Å²) in [6.45, 7) is 0. The Morgan fingerprint density at radius 1 is 0.824 bits per heavy atom. The second kappa shape index (κ2) is 5.39. The van der Waals surface area contributed by atoms with Crippen LogP contribution in [0.1, 0.15) is 11.1 Å². The van der Waals surface area contributed by atoms with E-state index < -0.39 is 4.93 Å². The first-order chi connectivity index (χ1) is 8.33. The molecule has 0 saturated heterocycles. The minimum atomic E-state index is -0.414. The summed E-state index contributed by atoms with van der Waals surface area (Å²) in [6.07, 6.45) is 2.07. The molecule has 17 heavy (non-hydrogen) atoms. The van der Waals surface area contributed by atoms with Gasteiger partial charge in [-0.15, -0.1) is 11.8 Å².